The van der Waals surface area contributed by atoms with E-state index in [1.54, 1.807) is 4.52 Å². The normalized spacial score (nSPS) is 11.8. The molecule has 22 heavy (non-hydrogen) atoms. The SMILES string of the molecule is Cc1ccccc1C(C)(C)CNc1ccc2nnc(C)n2n1. The first-order chi connectivity index (χ1) is 10.5. The van der Waals surface area contributed by atoms with Gasteiger partial charge in [-0.2, -0.15) is 4.52 Å². The van der Waals surface area contributed by atoms with Crippen LogP contribution in [-0.4, -0.2) is 26.4 Å². The van der Waals surface area contributed by atoms with Gasteiger partial charge in [0.15, 0.2) is 11.5 Å². The van der Waals surface area contributed by atoms with Crippen molar-refractivity contribution in [3.05, 3.63) is 53.3 Å². The average molecular weight is 295 g/mol. The van der Waals surface area contributed by atoms with Gasteiger partial charge in [0.2, 0.25) is 0 Å². The first kappa shape index (κ1) is 14.5. The van der Waals surface area contributed by atoms with Crippen molar-refractivity contribution in [2.75, 3.05) is 11.9 Å². The van der Waals surface area contributed by atoms with E-state index < -0.39 is 0 Å². The molecule has 0 saturated carbocycles. The van der Waals surface area contributed by atoms with Gasteiger partial charge in [-0.25, -0.2) is 0 Å². The summed E-state index contributed by atoms with van der Waals surface area (Å²) in [6, 6.07) is 12.4. The van der Waals surface area contributed by atoms with E-state index in [1.165, 1.54) is 11.1 Å². The van der Waals surface area contributed by atoms with Crippen molar-refractivity contribution in [2.45, 2.75) is 33.1 Å². The maximum atomic E-state index is 4.53. The van der Waals surface area contributed by atoms with Gasteiger partial charge in [0.1, 0.15) is 5.82 Å². The summed E-state index contributed by atoms with van der Waals surface area (Å²) in [5.74, 6) is 1.62. The summed E-state index contributed by atoms with van der Waals surface area (Å²) in [6.07, 6.45) is 0. The van der Waals surface area contributed by atoms with Crippen molar-refractivity contribution in [3.8, 4) is 0 Å². The Bertz CT molecular complexity index is 804. The molecule has 3 aromatic rings. The molecule has 0 fully saturated rings. The van der Waals surface area contributed by atoms with Crippen molar-refractivity contribution in [2.24, 2.45) is 0 Å². The fourth-order valence-corrected chi connectivity index (χ4v) is 2.73. The van der Waals surface area contributed by atoms with Crippen LogP contribution in [0.1, 0.15) is 30.8 Å². The van der Waals surface area contributed by atoms with Crippen LogP contribution in [0.2, 0.25) is 0 Å². The lowest BCUT2D eigenvalue weighted by molar-refractivity contribution is 0.552. The highest BCUT2D eigenvalue weighted by atomic mass is 15.4. The van der Waals surface area contributed by atoms with Gasteiger partial charge in [0.25, 0.3) is 0 Å². The highest BCUT2D eigenvalue weighted by Crippen LogP contribution is 2.26. The van der Waals surface area contributed by atoms with E-state index in [1.807, 2.05) is 19.1 Å². The van der Waals surface area contributed by atoms with Crippen LogP contribution in [0.5, 0.6) is 0 Å². The molecule has 0 atom stereocenters. The summed E-state index contributed by atoms with van der Waals surface area (Å²) in [4.78, 5) is 0. The number of hydrogen-bond donors (Lipinski definition) is 1. The van der Waals surface area contributed by atoms with Crippen LogP contribution < -0.4 is 5.32 Å². The third-order valence-corrected chi connectivity index (χ3v) is 4.00. The molecular formula is C17H21N5. The van der Waals surface area contributed by atoms with Gasteiger partial charge in [0, 0.05) is 12.0 Å². The number of benzene rings is 1. The summed E-state index contributed by atoms with van der Waals surface area (Å²) >= 11 is 0. The second kappa shape index (κ2) is 5.40. The molecule has 2 aromatic heterocycles. The van der Waals surface area contributed by atoms with E-state index in [4.69, 9.17) is 0 Å². The van der Waals surface area contributed by atoms with E-state index in [2.05, 4.69) is 65.6 Å². The summed E-state index contributed by atoms with van der Waals surface area (Å²) in [6.45, 7) is 9.34. The Morgan fingerprint density at radius 1 is 1.05 bits per heavy atom. The topological polar surface area (TPSA) is 55.1 Å². The lowest BCUT2D eigenvalue weighted by Gasteiger charge is -2.27. The molecule has 1 N–H and O–H groups in total. The Labute approximate surface area is 130 Å². The maximum Gasteiger partial charge on any atom is 0.178 e. The minimum absolute atomic E-state index is 0.0181. The number of fused-ring (bicyclic) bond motifs is 1. The number of nitrogens with one attached hydrogen (secondary N) is 1. The standard InChI is InChI=1S/C17H21N5/c1-12-7-5-6-8-14(12)17(3,4)11-18-15-9-10-16-20-19-13(2)22(16)21-15/h5-10H,11H2,1-4H3,(H,18,21). The van der Waals surface area contributed by atoms with E-state index in [0.29, 0.717) is 0 Å². The van der Waals surface area contributed by atoms with Crippen molar-refractivity contribution in [1.29, 1.82) is 0 Å². The minimum Gasteiger partial charge on any atom is -0.368 e. The highest BCUT2D eigenvalue weighted by Gasteiger charge is 2.22. The number of nitrogens with zero attached hydrogens (tertiary/aromatic N) is 4. The molecule has 0 radical (unpaired) electrons. The number of aromatic nitrogens is 4. The van der Waals surface area contributed by atoms with Crippen LogP contribution in [-0.2, 0) is 5.41 Å². The van der Waals surface area contributed by atoms with Crippen molar-refractivity contribution in [1.82, 2.24) is 19.8 Å². The van der Waals surface area contributed by atoms with Crippen LogP contribution in [0.25, 0.3) is 5.65 Å². The molecule has 0 bridgehead atoms. The van der Waals surface area contributed by atoms with Gasteiger partial charge < -0.3 is 5.32 Å². The molecule has 0 unspecified atom stereocenters. The second-order valence-electron chi connectivity index (χ2n) is 6.29. The van der Waals surface area contributed by atoms with Crippen LogP contribution in [0.3, 0.4) is 0 Å². The van der Waals surface area contributed by atoms with Gasteiger partial charge in [-0.05, 0) is 37.1 Å². The second-order valence-corrected chi connectivity index (χ2v) is 6.29. The van der Waals surface area contributed by atoms with Crippen molar-refractivity contribution in [3.63, 3.8) is 0 Å². The molecule has 0 aliphatic heterocycles. The van der Waals surface area contributed by atoms with E-state index >= 15 is 0 Å². The molecule has 5 heteroatoms. The van der Waals surface area contributed by atoms with Crippen LogP contribution >= 0.6 is 0 Å². The predicted octanol–water partition coefficient (Wildman–Crippen LogP) is 3.13. The zero-order valence-corrected chi connectivity index (χ0v) is 13.5. The molecule has 0 spiro atoms. The fraction of sp³-hybridized carbons (Fsp3) is 0.353. The Morgan fingerprint density at radius 3 is 2.59 bits per heavy atom. The lowest BCUT2D eigenvalue weighted by atomic mass is 9.82. The summed E-state index contributed by atoms with van der Waals surface area (Å²) in [5, 5.41) is 16.0. The van der Waals surface area contributed by atoms with Gasteiger partial charge in [0.05, 0.1) is 0 Å². The third-order valence-electron chi connectivity index (χ3n) is 4.00. The Morgan fingerprint density at radius 2 is 1.82 bits per heavy atom. The molecular weight excluding hydrogens is 274 g/mol. The molecule has 2 heterocycles. The monoisotopic (exact) mass is 295 g/mol. The summed E-state index contributed by atoms with van der Waals surface area (Å²) in [5.41, 5.74) is 3.45. The van der Waals surface area contributed by atoms with E-state index in [0.717, 1.165) is 23.8 Å². The largest absolute Gasteiger partial charge is 0.368 e. The molecule has 3 rings (SSSR count). The zero-order chi connectivity index (χ0) is 15.7. The average Bonchev–Trinajstić information content (AvgIpc) is 2.87. The van der Waals surface area contributed by atoms with Crippen LogP contribution in [0.4, 0.5) is 5.82 Å². The number of anilines is 1. The Hall–Kier alpha value is -2.43. The van der Waals surface area contributed by atoms with Crippen LogP contribution in [0.15, 0.2) is 36.4 Å². The highest BCUT2D eigenvalue weighted by molar-refractivity contribution is 5.44. The predicted molar refractivity (Wildman–Crippen MR) is 88.2 cm³/mol. The molecule has 0 aliphatic carbocycles. The fourth-order valence-electron chi connectivity index (χ4n) is 2.73. The van der Waals surface area contributed by atoms with Gasteiger partial charge in [-0.1, -0.05) is 38.1 Å². The van der Waals surface area contributed by atoms with Gasteiger partial charge in [-0.15, -0.1) is 15.3 Å². The Balaban J connectivity index is 1.80. The minimum atomic E-state index is 0.0181. The molecule has 114 valence electrons. The first-order valence-electron chi connectivity index (χ1n) is 7.46. The van der Waals surface area contributed by atoms with E-state index in [9.17, 15) is 0 Å². The number of hydrogen-bond acceptors (Lipinski definition) is 4. The molecule has 0 aliphatic rings. The van der Waals surface area contributed by atoms with Crippen LogP contribution in [0, 0.1) is 13.8 Å². The molecule has 1 aromatic carbocycles. The van der Waals surface area contributed by atoms with Gasteiger partial charge >= 0.3 is 0 Å². The maximum absolute atomic E-state index is 4.53. The summed E-state index contributed by atoms with van der Waals surface area (Å²) < 4.78 is 1.75. The molecule has 5 nitrogen and oxygen atoms in total. The van der Waals surface area contributed by atoms with E-state index in [-0.39, 0.29) is 5.41 Å². The quantitative estimate of drug-likeness (QED) is 0.803. The zero-order valence-electron chi connectivity index (χ0n) is 13.5. The third kappa shape index (κ3) is 2.66. The smallest absolute Gasteiger partial charge is 0.178 e. The number of aryl methyl sites for hydroxylation is 2. The molecule has 0 amide bonds. The number of rotatable bonds is 4. The van der Waals surface area contributed by atoms with Crippen molar-refractivity contribution >= 4 is 11.5 Å². The Kier molecular flexibility index (Phi) is 3.56. The lowest BCUT2D eigenvalue weighted by Crippen LogP contribution is -2.29. The van der Waals surface area contributed by atoms with Crippen molar-refractivity contribution < 1.29 is 0 Å². The van der Waals surface area contributed by atoms with Gasteiger partial charge in [-0.3, -0.25) is 0 Å². The molecule has 0 saturated heterocycles. The summed E-state index contributed by atoms with van der Waals surface area (Å²) in [7, 11) is 0. The first-order valence-corrected chi connectivity index (χ1v) is 7.46.